The molecule has 2 atom stereocenters. The van der Waals surface area contributed by atoms with Crippen molar-refractivity contribution in [1.82, 2.24) is 0 Å². The smallest absolute Gasteiger partial charge is 0.349 e. The van der Waals surface area contributed by atoms with Gasteiger partial charge in [0, 0.05) is 17.5 Å². The normalized spacial score (nSPS) is 20.0. The molecule has 0 radical (unpaired) electrons. The number of benzene rings is 3. The summed E-state index contributed by atoms with van der Waals surface area (Å²) in [5.74, 6) is -5.81. The van der Waals surface area contributed by atoms with Gasteiger partial charge in [0.15, 0.2) is 9.84 Å². The predicted octanol–water partition coefficient (Wildman–Crippen LogP) is 6.88. The lowest BCUT2D eigenvalue weighted by atomic mass is 9.76. The molecule has 1 aliphatic rings. The molecule has 1 fully saturated rings. The van der Waals surface area contributed by atoms with Crippen molar-refractivity contribution in [2.75, 3.05) is 0 Å². The van der Waals surface area contributed by atoms with E-state index in [2.05, 4.69) is 4.74 Å². The van der Waals surface area contributed by atoms with Gasteiger partial charge in [0.25, 0.3) is 5.60 Å². The van der Waals surface area contributed by atoms with Crippen LogP contribution in [-0.4, -0.2) is 32.8 Å². The van der Waals surface area contributed by atoms with E-state index in [-0.39, 0.29) is 11.8 Å². The average Bonchev–Trinajstić information content (AvgIpc) is 2.94. The van der Waals surface area contributed by atoms with Gasteiger partial charge in [-0.1, -0.05) is 30.3 Å². The molecule has 2 unspecified atom stereocenters. The van der Waals surface area contributed by atoms with Gasteiger partial charge in [-0.15, -0.1) is 0 Å². The van der Waals surface area contributed by atoms with Crippen LogP contribution in [0.15, 0.2) is 71.6 Å². The fourth-order valence-corrected chi connectivity index (χ4v) is 7.46. The number of hydrogen-bond donors (Lipinski definition) is 0. The third kappa shape index (κ3) is 5.51. The van der Waals surface area contributed by atoms with Gasteiger partial charge in [0.05, 0.1) is 17.4 Å². The van der Waals surface area contributed by atoms with E-state index in [0.29, 0.717) is 36.4 Å². The highest BCUT2D eigenvalue weighted by molar-refractivity contribution is 7.92. The monoisotopic (exact) mass is 652 g/mol. The van der Waals surface area contributed by atoms with Crippen molar-refractivity contribution in [2.24, 2.45) is 5.92 Å². The van der Waals surface area contributed by atoms with Gasteiger partial charge in [-0.3, -0.25) is 4.79 Å². The lowest BCUT2D eigenvalue weighted by Crippen LogP contribution is -2.56. The fraction of sp³-hybridized carbons (Fsp3) is 0.310. The molecule has 236 valence electrons. The zero-order valence-electron chi connectivity index (χ0n) is 22.2. The minimum absolute atomic E-state index is 0.193. The Hall–Kier alpha value is -3.72. The number of halogens is 9. The zero-order valence-corrected chi connectivity index (χ0v) is 23.0. The number of aldehydes is 1. The fourth-order valence-electron chi connectivity index (χ4n) is 5.30. The number of carbonyl (C=O) groups excluding carboxylic acids is 2. The number of sulfone groups is 1. The van der Waals surface area contributed by atoms with Gasteiger partial charge in [-0.25, -0.2) is 21.6 Å². The molecule has 44 heavy (non-hydrogen) atoms. The third-order valence-electron chi connectivity index (χ3n) is 7.65. The summed E-state index contributed by atoms with van der Waals surface area (Å²) in [5.41, 5.74) is -8.27. The molecular formula is C29H21F9O5S. The van der Waals surface area contributed by atoms with Crippen LogP contribution in [0, 0.1) is 23.4 Å². The Bertz CT molecular complexity index is 1620. The Labute approximate surface area is 244 Å². The second-order valence-electron chi connectivity index (χ2n) is 10.1. The molecule has 0 saturated heterocycles. The van der Waals surface area contributed by atoms with Crippen molar-refractivity contribution in [2.45, 2.75) is 53.5 Å². The Balaban J connectivity index is 1.88. The molecule has 0 bridgehead atoms. The van der Waals surface area contributed by atoms with Crippen LogP contribution in [-0.2, 0) is 41.1 Å². The van der Waals surface area contributed by atoms with Gasteiger partial charge < -0.3 is 9.53 Å². The van der Waals surface area contributed by atoms with Gasteiger partial charge in [0.2, 0.25) is 0 Å². The number of carbonyl (C=O) groups is 2. The first-order valence-electron chi connectivity index (χ1n) is 12.7. The Kier molecular flexibility index (Phi) is 8.79. The van der Waals surface area contributed by atoms with Crippen molar-refractivity contribution in [3.63, 3.8) is 0 Å². The van der Waals surface area contributed by atoms with Crippen molar-refractivity contribution < 1.29 is 62.3 Å². The van der Waals surface area contributed by atoms with E-state index in [4.69, 9.17) is 0 Å². The van der Waals surface area contributed by atoms with Crippen LogP contribution >= 0.6 is 0 Å². The van der Waals surface area contributed by atoms with Gasteiger partial charge in [-0.2, -0.15) is 26.3 Å². The minimum Gasteiger partial charge on any atom is -0.349 e. The molecule has 4 rings (SSSR count). The minimum atomic E-state index is -6.24. The molecule has 1 saturated carbocycles. The van der Waals surface area contributed by atoms with E-state index in [1.807, 2.05) is 0 Å². The lowest BCUT2D eigenvalue weighted by molar-refractivity contribution is -0.392. The van der Waals surface area contributed by atoms with Crippen molar-refractivity contribution in [1.29, 1.82) is 0 Å². The molecule has 3 aromatic rings. The molecule has 0 aliphatic heterocycles. The molecule has 0 N–H and O–H groups in total. The zero-order chi connectivity index (χ0) is 32.7. The lowest BCUT2D eigenvalue weighted by Gasteiger charge is -2.40. The molecule has 3 aromatic carbocycles. The van der Waals surface area contributed by atoms with Gasteiger partial charge >= 0.3 is 12.4 Å². The second-order valence-corrected chi connectivity index (χ2v) is 12.4. The first-order valence-corrected chi connectivity index (χ1v) is 14.2. The van der Waals surface area contributed by atoms with Crippen LogP contribution in [0.3, 0.4) is 0 Å². The molecular weight excluding hydrogens is 631 g/mol. The molecule has 0 spiro atoms. The quantitative estimate of drug-likeness (QED) is 0.115. The highest BCUT2D eigenvalue weighted by Crippen LogP contribution is 2.54. The highest BCUT2D eigenvalue weighted by Gasteiger charge is 2.73. The highest BCUT2D eigenvalue weighted by atomic mass is 32.2. The summed E-state index contributed by atoms with van der Waals surface area (Å²) in [6.07, 6.45) is -14.0. The SMILES string of the molecule is O=CC1CC(c2ccc(C(OCc3c(F)cccc3F)(C(F)(F)F)C(F)(F)F)cc2)(S(=O)(=O)c2ccc(F)cc2)CCC1=O. The maximum absolute atomic E-state index is 14.3. The Morgan fingerprint density at radius 1 is 0.841 bits per heavy atom. The number of rotatable bonds is 8. The maximum Gasteiger partial charge on any atom is 0.430 e. The van der Waals surface area contributed by atoms with Crippen LogP contribution in [0.25, 0.3) is 0 Å². The molecule has 0 aromatic heterocycles. The number of ketones is 1. The summed E-state index contributed by atoms with van der Waals surface area (Å²) in [4.78, 5) is 23.5. The van der Waals surface area contributed by atoms with Crippen LogP contribution in [0.2, 0.25) is 0 Å². The van der Waals surface area contributed by atoms with Crippen LogP contribution in [0.4, 0.5) is 39.5 Å². The van der Waals surface area contributed by atoms with E-state index in [1.54, 1.807) is 0 Å². The summed E-state index contributed by atoms with van der Waals surface area (Å²) < 4.78 is 158. The van der Waals surface area contributed by atoms with Crippen LogP contribution in [0.1, 0.15) is 36.0 Å². The van der Waals surface area contributed by atoms with Gasteiger partial charge in [0.1, 0.15) is 34.3 Å². The number of hydrogen-bond acceptors (Lipinski definition) is 5. The number of alkyl halides is 6. The predicted molar refractivity (Wildman–Crippen MR) is 135 cm³/mol. The van der Waals surface area contributed by atoms with E-state index >= 15 is 0 Å². The standard InChI is InChI=1S/C29H21F9O5S/c30-20-8-10-21(11-9-20)44(41,42)26(13-12-25(40)17(14-26)15-39)18-4-6-19(7-5-18)27(28(33,34)35,29(36,37)38)43-16-22-23(31)2-1-3-24(22)32/h1-11,15,17H,12-14,16H2. The largest absolute Gasteiger partial charge is 0.430 e. The van der Waals surface area contributed by atoms with Gasteiger partial charge in [-0.05, 0) is 54.8 Å². The Morgan fingerprint density at radius 3 is 1.89 bits per heavy atom. The summed E-state index contributed by atoms with van der Waals surface area (Å²) in [7, 11) is -4.66. The van der Waals surface area contributed by atoms with E-state index < -0.39 is 104 Å². The Morgan fingerprint density at radius 2 is 1.39 bits per heavy atom. The molecule has 5 nitrogen and oxygen atoms in total. The molecule has 15 heteroatoms. The van der Waals surface area contributed by atoms with Crippen LogP contribution in [0.5, 0.6) is 0 Å². The van der Waals surface area contributed by atoms with Crippen molar-refractivity contribution in [3.05, 3.63) is 101 Å². The van der Waals surface area contributed by atoms with Crippen molar-refractivity contribution >= 4 is 21.9 Å². The maximum atomic E-state index is 14.3. The topological polar surface area (TPSA) is 77.5 Å². The first-order chi connectivity index (χ1) is 20.4. The number of Topliss-reactive ketones (excluding diaryl/α,β-unsaturated/α-hetero) is 1. The van der Waals surface area contributed by atoms with Crippen LogP contribution < -0.4 is 0 Å². The van der Waals surface area contributed by atoms with E-state index in [0.717, 1.165) is 30.3 Å². The van der Waals surface area contributed by atoms with E-state index in [1.165, 1.54) is 0 Å². The molecule has 1 aliphatic carbocycles. The first kappa shape index (κ1) is 33.2. The van der Waals surface area contributed by atoms with Crippen molar-refractivity contribution in [3.8, 4) is 0 Å². The number of ether oxygens (including phenoxy) is 1. The summed E-state index contributed by atoms with van der Waals surface area (Å²) in [6, 6.07) is 7.41. The average molecular weight is 653 g/mol. The summed E-state index contributed by atoms with van der Waals surface area (Å²) >= 11 is 0. The molecule has 0 amide bonds. The molecule has 0 heterocycles. The van der Waals surface area contributed by atoms with E-state index in [9.17, 15) is 57.5 Å². The summed E-state index contributed by atoms with van der Waals surface area (Å²) in [6.45, 7) is -1.79. The second kappa shape index (κ2) is 11.7. The summed E-state index contributed by atoms with van der Waals surface area (Å²) in [5, 5.41) is 0. The third-order valence-corrected chi connectivity index (χ3v) is 10.2.